The summed E-state index contributed by atoms with van der Waals surface area (Å²) in [5.41, 5.74) is 2.64. The lowest BCUT2D eigenvalue weighted by molar-refractivity contribution is 0.0240. The van der Waals surface area contributed by atoms with Gasteiger partial charge in [0.15, 0.2) is 9.84 Å². The maximum Gasteiger partial charge on any atom is 0.408 e. The molecule has 2 N–H and O–H groups in total. The molecule has 2 aromatic rings. The van der Waals surface area contributed by atoms with Gasteiger partial charge in [0.1, 0.15) is 11.2 Å². The zero-order valence-electron chi connectivity index (χ0n) is 25.8. The fourth-order valence-corrected chi connectivity index (χ4v) is 6.30. The monoisotopic (exact) mass is 616 g/mol. The highest BCUT2D eigenvalue weighted by atomic mass is 32.2. The van der Waals surface area contributed by atoms with E-state index in [2.05, 4.69) is 10.6 Å². The number of carbonyl (C=O) groups excluding carboxylic acids is 2. The molecule has 236 valence electrons. The summed E-state index contributed by atoms with van der Waals surface area (Å²) in [4.78, 5) is 25.0. The van der Waals surface area contributed by atoms with Gasteiger partial charge in [-0.1, -0.05) is 48.5 Å². The Morgan fingerprint density at radius 3 is 1.44 bits per heavy atom. The van der Waals surface area contributed by atoms with Gasteiger partial charge in [-0.05, 0) is 63.8 Å². The molecule has 0 bridgehead atoms. The van der Waals surface area contributed by atoms with Crippen LogP contribution in [0, 0.1) is 0 Å². The molecule has 0 aromatic heterocycles. The van der Waals surface area contributed by atoms with Crippen molar-refractivity contribution in [2.24, 2.45) is 0 Å². The first-order valence-electron chi connectivity index (χ1n) is 14.7. The average Bonchev–Trinajstić information content (AvgIpc) is 3.39. The van der Waals surface area contributed by atoms with Crippen LogP contribution in [-0.2, 0) is 41.6 Å². The predicted octanol–water partition coefficient (Wildman–Crippen LogP) is 4.82. The van der Waals surface area contributed by atoms with Gasteiger partial charge in [0.2, 0.25) is 0 Å². The number of amides is 2. The van der Waals surface area contributed by atoms with Gasteiger partial charge in [0.25, 0.3) is 0 Å². The minimum Gasteiger partial charge on any atom is -0.444 e. The van der Waals surface area contributed by atoms with Gasteiger partial charge in [0, 0.05) is 12.8 Å². The molecule has 2 aromatic carbocycles. The molecule has 0 unspecified atom stereocenters. The molecule has 2 aliphatic rings. The SMILES string of the molecule is CC(C)(C)OC(=O)N[C@H]1c2ccccc2C[C@H]1OCCS(=O)(=O)CCO[C@@H]1Cc2ccccc2[C@@H]1NC(=O)OC(C)(C)C. The van der Waals surface area contributed by atoms with E-state index in [0.29, 0.717) is 12.8 Å². The molecule has 0 heterocycles. The van der Waals surface area contributed by atoms with Gasteiger partial charge in [-0.2, -0.15) is 0 Å². The minimum atomic E-state index is -3.50. The van der Waals surface area contributed by atoms with E-state index in [1.807, 2.05) is 48.5 Å². The molecule has 0 radical (unpaired) electrons. The summed E-state index contributed by atoms with van der Waals surface area (Å²) in [5, 5.41) is 5.80. The second kappa shape index (κ2) is 13.2. The van der Waals surface area contributed by atoms with Crippen LogP contribution in [0.1, 0.15) is 75.9 Å². The lowest BCUT2D eigenvalue weighted by Gasteiger charge is -2.26. The number of nitrogens with one attached hydrogen (secondary N) is 2. The molecule has 2 aliphatic carbocycles. The van der Waals surface area contributed by atoms with E-state index in [1.54, 1.807) is 41.5 Å². The fourth-order valence-electron chi connectivity index (χ4n) is 5.39. The second-order valence-corrected chi connectivity index (χ2v) is 15.3. The Bertz CT molecular complexity index is 1300. The van der Waals surface area contributed by atoms with Crippen LogP contribution >= 0.6 is 0 Å². The van der Waals surface area contributed by atoms with Crippen molar-refractivity contribution >= 4 is 22.0 Å². The Morgan fingerprint density at radius 2 is 1.07 bits per heavy atom. The van der Waals surface area contributed by atoms with Crippen LogP contribution in [0.15, 0.2) is 48.5 Å². The molecule has 11 heteroatoms. The fraction of sp³-hybridized carbons (Fsp3) is 0.562. The third kappa shape index (κ3) is 9.42. The van der Waals surface area contributed by atoms with E-state index in [0.717, 1.165) is 22.3 Å². The van der Waals surface area contributed by atoms with E-state index >= 15 is 0 Å². The van der Waals surface area contributed by atoms with Gasteiger partial charge in [-0.3, -0.25) is 0 Å². The summed E-state index contributed by atoms with van der Waals surface area (Å²) in [7, 11) is -3.50. The van der Waals surface area contributed by atoms with Crippen molar-refractivity contribution in [1.82, 2.24) is 10.6 Å². The Balaban J connectivity index is 1.29. The van der Waals surface area contributed by atoms with Crippen molar-refractivity contribution < 1.29 is 37.0 Å². The predicted molar refractivity (Wildman–Crippen MR) is 163 cm³/mol. The molecule has 4 rings (SSSR count). The van der Waals surface area contributed by atoms with Crippen LogP contribution in [0.5, 0.6) is 0 Å². The normalized spacial score (nSPS) is 21.5. The maximum atomic E-state index is 12.9. The van der Waals surface area contributed by atoms with Crippen LogP contribution in [0.3, 0.4) is 0 Å². The number of carbonyl (C=O) groups is 2. The highest BCUT2D eigenvalue weighted by Crippen LogP contribution is 2.35. The number of ether oxygens (including phenoxy) is 4. The molecule has 0 saturated heterocycles. The lowest BCUT2D eigenvalue weighted by atomic mass is 10.1. The van der Waals surface area contributed by atoms with E-state index in [9.17, 15) is 18.0 Å². The number of benzene rings is 2. The summed E-state index contributed by atoms with van der Waals surface area (Å²) in [6, 6.07) is 14.6. The van der Waals surface area contributed by atoms with Crippen LogP contribution in [-0.4, -0.2) is 68.7 Å². The van der Waals surface area contributed by atoms with Gasteiger partial charge >= 0.3 is 12.2 Å². The number of hydrogen-bond acceptors (Lipinski definition) is 8. The Hall–Kier alpha value is -3.15. The van der Waals surface area contributed by atoms with Gasteiger partial charge < -0.3 is 29.6 Å². The summed E-state index contributed by atoms with van der Waals surface area (Å²) < 4.78 is 48.8. The summed E-state index contributed by atoms with van der Waals surface area (Å²) in [5.74, 6) is -0.375. The van der Waals surface area contributed by atoms with Crippen molar-refractivity contribution in [1.29, 1.82) is 0 Å². The van der Waals surface area contributed by atoms with Crippen molar-refractivity contribution in [3.63, 3.8) is 0 Å². The summed E-state index contributed by atoms with van der Waals surface area (Å²) >= 11 is 0. The van der Waals surface area contributed by atoms with Crippen LogP contribution in [0.4, 0.5) is 9.59 Å². The standard InChI is InChI=1S/C32H44N2O8S/c1-31(2,3)41-29(35)33-27-23-13-9-7-11-21(23)19-25(27)39-15-17-43(37,38)18-16-40-26-20-22-12-8-10-14-24(22)28(26)34-30(36)42-32(4,5)6/h7-14,25-28H,15-20H2,1-6H3,(H,33,35)(H,34,36)/t25-,26-,27+,28+/m1/s1. The number of rotatable bonds is 10. The molecule has 10 nitrogen and oxygen atoms in total. The zero-order chi connectivity index (χ0) is 31.4. The molecule has 43 heavy (non-hydrogen) atoms. The molecule has 0 aliphatic heterocycles. The molecular weight excluding hydrogens is 572 g/mol. The van der Waals surface area contributed by atoms with Gasteiger partial charge in [0.05, 0.1) is 49.0 Å². The number of fused-ring (bicyclic) bond motifs is 2. The van der Waals surface area contributed by atoms with Crippen molar-refractivity contribution in [2.45, 2.75) is 89.9 Å². The smallest absolute Gasteiger partial charge is 0.408 e. The largest absolute Gasteiger partial charge is 0.444 e. The highest BCUT2D eigenvalue weighted by Gasteiger charge is 2.37. The molecule has 0 spiro atoms. The molecule has 2 amide bonds. The first kappa shape index (κ1) is 32.8. The molecule has 0 fully saturated rings. The Kier molecular flexibility index (Phi) is 10.1. The van der Waals surface area contributed by atoms with Crippen molar-refractivity contribution in [3.05, 3.63) is 70.8 Å². The number of hydrogen-bond donors (Lipinski definition) is 2. The first-order valence-corrected chi connectivity index (χ1v) is 16.5. The number of sulfone groups is 1. The third-order valence-electron chi connectivity index (χ3n) is 7.16. The molecule has 4 atom stereocenters. The van der Waals surface area contributed by atoms with Gasteiger partial charge in [-0.15, -0.1) is 0 Å². The van der Waals surface area contributed by atoms with E-state index in [1.165, 1.54) is 0 Å². The quantitative estimate of drug-likeness (QED) is 0.389. The van der Waals surface area contributed by atoms with Crippen molar-refractivity contribution in [3.8, 4) is 0 Å². The van der Waals surface area contributed by atoms with Crippen LogP contribution < -0.4 is 10.6 Å². The number of alkyl carbamates (subject to hydrolysis) is 2. The summed E-state index contributed by atoms with van der Waals surface area (Å²) in [6.45, 7) is 10.7. The van der Waals surface area contributed by atoms with Crippen LogP contribution in [0.25, 0.3) is 0 Å². The second-order valence-electron chi connectivity index (χ2n) is 13.0. The van der Waals surface area contributed by atoms with E-state index < -0.39 is 57.5 Å². The first-order chi connectivity index (χ1) is 20.1. The van der Waals surface area contributed by atoms with E-state index in [4.69, 9.17) is 18.9 Å². The summed E-state index contributed by atoms with van der Waals surface area (Å²) in [6.07, 6.45) is -0.856. The zero-order valence-corrected chi connectivity index (χ0v) is 26.7. The van der Waals surface area contributed by atoms with Gasteiger partial charge in [-0.25, -0.2) is 18.0 Å². The highest BCUT2D eigenvalue weighted by molar-refractivity contribution is 7.91. The molecular formula is C32H44N2O8S. The lowest BCUT2D eigenvalue weighted by Crippen LogP contribution is -2.39. The topological polar surface area (TPSA) is 129 Å². The third-order valence-corrected chi connectivity index (χ3v) is 8.74. The Morgan fingerprint density at radius 1 is 0.698 bits per heavy atom. The molecule has 0 saturated carbocycles. The Labute approximate surface area is 254 Å². The van der Waals surface area contributed by atoms with Crippen LogP contribution in [0.2, 0.25) is 0 Å². The average molecular weight is 617 g/mol. The minimum absolute atomic E-state index is 0.0226. The maximum absolute atomic E-state index is 12.9. The van der Waals surface area contributed by atoms with E-state index in [-0.39, 0.29) is 24.7 Å². The van der Waals surface area contributed by atoms with Crippen molar-refractivity contribution in [2.75, 3.05) is 24.7 Å².